The van der Waals surface area contributed by atoms with Gasteiger partial charge in [-0.15, -0.1) is 0 Å². The van der Waals surface area contributed by atoms with Gasteiger partial charge in [0.2, 0.25) is 5.43 Å². The van der Waals surface area contributed by atoms with Gasteiger partial charge in [-0.1, -0.05) is 37.8 Å². The van der Waals surface area contributed by atoms with Crippen LogP contribution in [0.15, 0.2) is 51.7 Å². The maximum atomic E-state index is 13.1. The van der Waals surface area contributed by atoms with Crippen molar-refractivity contribution < 1.29 is 18.7 Å². The van der Waals surface area contributed by atoms with E-state index in [0.29, 0.717) is 40.4 Å². The summed E-state index contributed by atoms with van der Waals surface area (Å²) in [4.78, 5) is 25.3. The Morgan fingerprint density at radius 1 is 1.07 bits per heavy atom. The Labute approximate surface area is 175 Å². The van der Waals surface area contributed by atoms with Crippen LogP contribution in [0, 0.1) is 12.8 Å². The first-order valence-corrected chi connectivity index (χ1v) is 10.5. The minimum atomic E-state index is -0.241. The third-order valence-corrected chi connectivity index (χ3v) is 5.88. The highest BCUT2D eigenvalue weighted by atomic mass is 16.5. The standard InChI is InChI=1S/C25H26O5/c1-16-24(18-8-10-19(28-2)11-9-18)25(27)21-13-12-20(15-22(21)29-16)30-23(26)14-7-17-5-3-4-6-17/h8-13,15,17H,3-7,14H2,1-2H3. The highest BCUT2D eigenvalue weighted by molar-refractivity contribution is 5.84. The van der Waals surface area contributed by atoms with Crippen LogP contribution in [0.4, 0.5) is 0 Å². The molecule has 0 atom stereocenters. The fourth-order valence-corrected chi connectivity index (χ4v) is 4.24. The first-order valence-electron chi connectivity index (χ1n) is 10.5. The molecule has 1 aliphatic rings. The van der Waals surface area contributed by atoms with Crippen LogP contribution < -0.4 is 14.9 Å². The Kier molecular flexibility index (Phi) is 5.88. The molecule has 1 heterocycles. The van der Waals surface area contributed by atoms with Crippen LogP contribution in [-0.4, -0.2) is 13.1 Å². The third-order valence-electron chi connectivity index (χ3n) is 5.88. The number of carbonyl (C=O) groups excluding carboxylic acids is 1. The molecule has 5 heteroatoms. The number of aryl methyl sites for hydroxylation is 1. The van der Waals surface area contributed by atoms with Gasteiger partial charge in [0.05, 0.1) is 18.1 Å². The average Bonchev–Trinajstić information content (AvgIpc) is 3.26. The van der Waals surface area contributed by atoms with E-state index < -0.39 is 0 Å². The van der Waals surface area contributed by atoms with Crippen LogP contribution in [0.1, 0.15) is 44.3 Å². The molecule has 1 aromatic heterocycles. The van der Waals surface area contributed by atoms with Gasteiger partial charge < -0.3 is 13.9 Å². The summed E-state index contributed by atoms with van der Waals surface area (Å²) in [6, 6.07) is 12.2. The van der Waals surface area contributed by atoms with Crippen LogP contribution in [-0.2, 0) is 4.79 Å². The van der Waals surface area contributed by atoms with Crippen LogP contribution in [0.5, 0.6) is 11.5 Å². The molecule has 0 amide bonds. The molecule has 0 saturated heterocycles. The second-order valence-electron chi connectivity index (χ2n) is 7.91. The highest BCUT2D eigenvalue weighted by Gasteiger charge is 2.18. The van der Waals surface area contributed by atoms with Crippen molar-refractivity contribution in [1.29, 1.82) is 0 Å². The molecule has 5 nitrogen and oxygen atoms in total. The third kappa shape index (κ3) is 4.25. The van der Waals surface area contributed by atoms with Crippen LogP contribution in [0.2, 0.25) is 0 Å². The van der Waals surface area contributed by atoms with E-state index in [1.54, 1.807) is 32.2 Å². The first-order chi connectivity index (χ1) is 14.5. The molecule has 30 heavy (non-hydrogen) atoms. The average molecular weight is 406 g/mol. The molecule has 1 aliphatic carbocycles. The second kappa shape index (κ2) is 8.74. The molecular formula is C25H26O5. The lowest BCUT2D eigenvalue weighted by Crippen LogP contribution is -2.10. The van der Waals surface area contributed by atoms with E-state index in [9.17, 15) is 9.59 Å². The first kappa shape index (κ1) is 20.2. The van der Waals surface area contributed by atoms with Gasteiger partial charge >= 0.3 is 5.97 Å². The van der Waals surface area contributed by atoms with E-state index >= 15 is 0 Å². The number of hydrogen-bond acceptors (Lipinski definition) is 5. The molecule has 156 valence electrons. The van der Waals surface area contributed by atoms with Crippen LogP contribution in [0.25, 0.3) is 22.1 Å². The van der Waals surface area contributed by atoms with Crippen molar-refractivity contribution in [1.82, 2.24) is 0 Å². The lowest BCUT2D eigenvalue weighted by Gasteiger charge is -2.10. The fourth-order valence-electron chi connectivity index (χ4n) is 4.24. The van der Waals surface area contributed by atoms with Gasteiger partial charge in [-0.3, -0.25) is 9.59 Å². The minimum Gasteiger partial charge on any atom is -0.497 e. The minimum absolute atomic E-state index is 0.113. The number of methoxy groups -OCH3 is 1. The molecule has 0 aliphatic heterocycles. The lowest BCUT2D eigenvalue weighted by atomic mass is 10.0. The Morgan fingerprint density at radius 2 is 1.77 bits per heavy atom. The van der Waals surface area contributed by atoms with Crippen molar-refractivity contribution in [2.75, 3.05) is 7.11 Å². The predicted octanol–water partition coefficient (Wildman–Crippen LogP) is 5.65. The van der Waals surface area contributed by atoms with Crippen molar-refractivity contribution in [3.05, 3.63) is 58.4 Å². The number of carbonyl (C=O) groups is 1. The largest absolute Gasteiger partial charge is 0.497 e. The summed E-state index contributed by atoms with van der Waals surface area (Å²) in [5.41, 5.74) is 1.59. The van der Waals surface area contributed by atoms with Gasteiger partial charge in [-0.2, -0.15) is 0 Å². The van der Waals surface area contributed by atoms with Crippen LogP contribution >= 0.6 is 0 Å². The molecule has 2 aromatic carbocycles. The monoisotopic (exact) mass is 406 g/mol. The summed E-state index contributed by atoms with van der Waals surface area (Å²) >= 11 is 0. The zero-order chi connectivity index (χ0) is 21.1. The molecule has 1 saturated carbocycles. The number of fused-ring (bicyclic) bond motifs is 1. The Hall–Kier alpha value is -3.08. The number of rotatable bonds is 6. The number of esters is 1. The van der Waals surface area contributed by atoms with Gasteiger partial charge in [0.25, 0.3) is 0 Å². The maximum Gasteiger partial charge on any atom is 0.311 e. The summed E-state index contributed by atoms with van der Waals surface area (Å²) in [7, 11) is 1.60. The second-order valence-corrected chi connectivity index (χ2v) is 7.91. The van der Waals surface area contributed by atoms with Gasteiger partial charge in [0.15, 0.2) is 0 Å². The van der Waals surface area contributed by atoms with E-state index in [4.69, 9.17) is 13.9 Å². The van der Waals surface area contributed by atoms with E-state index in [2.05, 4.69) is 0 Å². The Balaban J connectivity index is 1.56. The van der Waals surface area contributed by atoms with E-state index in [1.165, 1.54) is 25.7 Å². The Morgan fingerprint density at radius 3 is 2.47 bits per heavy atom. The number of ether oxygens (including phenoxy) is 2. The number of benzene rings is 2. The summed E-state index contributed by atoms with van der Waals surface area (Å²) in [5.74, 6) is 2.04. The van der Waals surface area contributed by atoms with Crippen molar-refractivity contribution in [2.45, 2.75) is 45.4 Å². The molecule has 0 unspecified atom stereocenters. The fraction of sp³-hybridized carbons (Fsp3) is 0.360. The molecular weight excluding hydrogens is 380 g/mol. The summed E-state index contributed by atoms with van der Waals surface area (Å²) in [6.07, 6.45) is 6.25. The Bertz CT molecular complexity index is 1100. The van der Waals surface area contributed by atoms with Gasteiger partial charge in [-0.25, -0.2) is 0 Å². The maximum absolute atomic E-state index is 13.1. The lowest BCUT2D eigenvalue weighted by molar-refractivity contribution is -0.134. The molecule has 3 aromatic rings. The van der Waals surface area contributed by atoms with Crippen molar-refractivity contribution in [3.63, 3.8) is 0 Å². The van der Waals surface area contributed by atoms with Gasteiger partial charge in [0, 0.05) is 12.5 Å². The SMILES string of the molecule is COc1ccc(-c2c(C)oc3cc(OC(=O)CCC4CCCC4)ccc3c2=O)cc1. The molecule has 4 rings (SSSR count). The summed E-state index contributed by atoms with van der Waals surface area (Å²) in [5, 5.41) is 0.456. The van der Waals surface area contributed by atoms with E-state index in [-0.39, 0.29) is 11.4 Å². The van der Waals surface area contributed by atoms with Crippen molar-refractivity contribution >= 4 is 16.9 Å². The predicted molar refractivity (Wildman–Crippen MR) is 116 cm³/mol. The van der Waals surface area contributed by atoms with E-state index in [0.717, 1.165) is 17.7 Å². The van der Waals surface area contributed by atoms with Crippen molar-refractivity contribution in [3.8, 4) is 22.6 Å². The molecule has 0 radical (unpaired) electrons. The van der Waals surface area contributed by atoms with E-state index in [1.807, 2.05) is 24.3 Å². The quantitative estimate of drug-likeness (QED) is 0.391. The zero-order valence-corrected chi connectivity index (χ0v) is 17.4. The normalized spacial score (nSPS) is 14.2. The molecule has 0 N–H and O–H groups in total. The summed E-state index contributed by atoms with van der Waals surface area (Å²) < 4.78 is 16.6. The zero-order valence-electron chi connectivity index (χ0n) is 17.4. The summed E-state index contributed by atoms with van der Waals surface area (Å²) in [6.45, 7) is 1.76. The molecule has 1 fully saturated rings. The van der Waals surface area contributed by atoms with Gasteiger partial charge in [-0.05, 0) is 49.1 Å². The molecule has 0 bridgehead atoms. The molecule has 0 spiro atoms. The van der Waals surface area contributed by atoms with Crippen molar-refractivity contribution in [2.24, 2.45) is 5.92 Å². The van der Waals surface area contributed by atoms with Crippen LogP contribution in [0.3, 0.4) is 0 Å². The highest BCUT2D eigenvalue weighted by Crippen LogP contribution is 2.30. The smallest absolute Gasteiger partial charge is 0.311 e. The number of hydrogen-bond donors (Lipinski definition) is 0. The topological polar surface area (TPSA) is 65.7 Å². The van der Waals surface area contributed by atoms with Gasteiger partial charge in [0.1, 0.15) is 22.8 Å².